The highest BCUT2D eigenvalue weighted by atomic mass is 16.7. The molecule has 0 aromatic rings. The van der Waals surface area contributed by atoms with Gasteiger partial charge in [0.2, 0.25) is 5.91 Å². The largest absolute Gasteiger partial charge is 0.394 e. The molecule has 2 fully saturated rings. The lowest BCUT2D eigenvalue weighted by Gasteiger charge is -2.46. The molecule has 80 heavy (non-hydrogen) atoms. The van der Waals surface area contributed by atoms with Gasteiger partial charge in [0.15, 0.2) is 12.6 Å². The number of carbonyl (C=O) groups is 1. The van der Waals surface area contributed by atoms with E-state index in [0.29, 0.717) is 12.8 Å². The number of aliphatic hydroxyl groups excluding tert-OH is 8. The van der Waals surface area contributed by atoms with Crippen molar-refractivity contribution in [2.24, 2.45) is 0 Å². The van der Waals surface area contributed by atoms with E-state index in [-0.39, 0.29) is 12.5 Å². The van der Waals surface area contributed by atoms with Crippen molar-refractivity contribution in [1.29, 1.82) is 0 Å². The van der Waals surface area contributed by atoms with Gasteiger partial charge in [0, 0.05) is 6.42 Å². The lowest BCUT2D eigenvalue weighted by atomic mass is 9.97. The fourth-order valence-electron chi connectivity index (χ4n) is 10.3. The minimum absolute atomic E-state index is 0.210. The van der Waals surface area contributed by atoms with Crippen molar-refractivity contribution in [3.8, 4) is 0 Å². The summed E-state index contributed by atoms with van der Waals surface area (Å²) in [5.74, 6) is -0.210. The second-order valence-corrected chi connectivity index (χ2v) is 22.5. The number of amides is 1. The predicted octanol–water partition coefficient (Wildman–Crippen LogP) is 11.9. The van der Waals surface area contributed by atoms with Crippen molar-refractivity contribution in [3.63, 3.8) is 0 Å². The Bertz CT molecular complexity index is 1620. The van der Waals surface area contributed by atoms with Gasteiger partial charge in [0.05, 0.1) is 32.0 Å². The summed E-state index contributed by atoms with van der Waals surface area (Å²) in [6, 6.07) is -0.833. The molecule has 2 aliphatic rings. The molecule has 2 saturated heterocycles. The summed E-state index contributed by atoms with van der Waals surface area (Å²) in [5.41, 5.74) is 0. The van der Waals surface area contributed by atoms with Crippen LogP contribution in [0.4, 0.5) is 0 Å². The maximum absolute atomic E-state index is 13.3. The molecule has 0 bridgehead atoms. The fraction of sp³-hybridized carbons (Fsp3) is 0.803. The van der Waals surface area contributed by atoms with E-state index in [0.717, 1.165) is 96.3 Å². The summed E-state index contributed by atoms with van der Waals surface area (Å²) in [7, 11) is 0. The number of carbonyl (C=O) groups excluding carboxylic acids is 1. The van der Waals surface area contributed by atoms with Crippen molar-refractivity contribution in [1.82, 2.24) is 5.32 Å². The van der Waals surface area contributed by atoms with Crippen molar-refractivity contribution in [3.05, 3.63) is 72.9 Å². The highest BCUT2D eigenvalue weighted by molar-refractivity contribution is 5.76. The normalized spacial score (nSPS) is 24.7. The average Bonchev–Trinajstić information content (AvgIpc) is 3.46. The maximum atomic E-state index is 13.3. The van der Waals surface area contributed by atoms with E-state index in [1.807, 2.05) is 0 Å². The first-order valence-electron chi connectivity index (χ1n) is 32.2. The van der Waals surface area contributed by atoms with Gasteiger partial charge < -0.3 is 65.1 Å². The molecule has 0 aromatic carbocycles. The van der Waals surface area contributed by atoms with Gasteiger partial charge in [-0.05, 0) is 64.2 Å². The van der Waals surface area contributed by atoms with E-state index < -0.39 is 86.8 Å². The zero-order valence-electron chi connectivity index (χ0n) is 50.1. The van der Waals surface area contributed by atoms with Crippen LogP contribution in [0.5, 0.6) is 0 Å². The molecule has 12 unspecified atom stereocenters. The summed E-state index contributed by atoms with van der Waals surface area (Å²) in [5, 5.41) is 87.4. The number of aliphatic hydroxyl groups is 8. The summed E-state index contributed by atoms with van der Waals surface area (Å²) >= 11 is 0. The van der Waals surface area contributed by atoms with Crippen molar-refractivity contribution in [2.75, 3.05) is 19.8 Å². The van der Waals surface area contributed by atoms with Crippen LogP contribution in [0.15, 0.2) is 72.9 Å². The number of rotatable bonds is 51. The molecule has 0 aromatic heterocycles. The number of hydrogen-bond donors (Lipinski definition) is 9. The smallest absolute Gasteiger partial charge is 0.220 e. The van der Waals surface area contributed by atoms with Gasteiger partial charge in [0.1, 0.15) is 48.8 Å². The van der Waals surface area contributed by atoms with Gasteiger partial charge in [-0.25, -0.2) is 0 Å². The van der Waals surface area contributed by atoms with Gasteiger partial charge in [-0.1, -0.05) is 247 Å². The Morgan fingerprint density at radius 1 is 0.463 bits per heavy atom. The van der Waals surface area contributed by atoms with Gasteiger partial charge in [-0.15, -0.1) is 0 Å². The van der Waals surface area contributed by atoms with Crippen LogP contribution >= 0.6 is 0 Å². The molecular formula is C66H117NO13. The Balaban J connectivity index is 1.67. The molecule has 14 nitrogen and oxygen atoms in total. The molecule has 2 aliphatic heterocycles. The maximum Gasteiger partial charge on any atom is 0.220 e. The van der Waals surface area contributed by atoms with Crippen LogP contribution in [0.2, 0.25) is 0 Å². The van der Waals surface area contributed by atoms with Gasteiger partial charge in [-0.2, -0.15) is 0 Å². The van der Waals surface area contributed by atoms with Crippen LogP contribution in [-0.2, 0) is 23.7 Å². The summed E-state index contributed by atoms with van der Waals surface area (Å²) < 4.78 is 22.9. The molecule has 0 radical (unpaired) electrons. The topological polar surface area (TPSA) is 228 Å². The SMILES string of the molecule is CC/C=C\C/C=C\C/C=C\C/C=C\C/C=C\C/C=C\CCCCCCCCCCCCCCC(=O)NC(COC1OC(CO)C(OC2OC(CO)C(O)C(O)C2O)C(O)C1O)C(O)CCCCCCCCCCCCCCCCC. The summed E-state index contributed by atoms with van der Waals surface area (Å²) in [6.45, 7) is 2.75. The van der Waals surface area contributed by atoms with Crippen LogP contribution in [0, 0.1) is 0 Å². The Hall–Kier alpha value is -2.57. The number of unbranched alkanes of at least 4 members (excludes halogenated alkanes) is 26. The minimum atomic E-state index is -1.78. The quantitative estimate of drug-likeness (QED) is 0.0204. The molecule has 0 aliphatic carbocycles. The molecule has 2 heterocycles. The monoisotopic (exact) mass is 1130 g/mol. The molecule has 0 spiro atoms. The second kappa shape index (κ2) is 50.9. The predicted molar refractivity (Wildman–Crippen MR) is 323 cm³/mol. The first kappa shape index (κ1) is 73.5. The molecule has 2 rings (SSSR count). The molecular weight excluding hydrogens is 1010 g/mol. The van der Waals surface area contributed by atoms with Crippen LogP contribution in [0.25, 0.3) is 0 Å². The van der Waals surface area contributed by atoms with E-state index in [9.17, 15) is 45.6 Å². The Kier molecular flexibility index (Phi) is 46.8. The van der Waals surface area contributed by atoms with Crippen LogP contribution in [0.1, 0.15) is 245 Å². The van der Waals surface area contributed by atoms with Gasteiger partial charge in [0.25, 0.3) is 0 Å². The van der Waals surface area contributed by atoms with Crippen LogP contribution in [-0.4, -0.2) is 140 Å². The average molecular weight is 1130 g/mol. The highest BCUT2D eigenvalue weighted by Crippen LogP contribution is 2.30. The molecule has 12 atom stereocenters. The van der Waals surface area contributed by atoms with E-state index in [2.05, 4.69) is 92.1 Å². The number of allylic oxidation sites excluding steroid dienone is 12. The third kappa shape index (κ3) is 35.5. The molecule has 1 amide bonds. The van der Waals surface area contributed by atoms with E-state index >= 15 is 0 Å². The van der Waals surface area contributed by atoms with E-state index in [4.69, 9.17) is 18.9 Å². The fourth-order valence-corrected chi connectivity index (χ4v) is 10.3. The molecule has 464 valence electrons. The van der Waals surface area contributed by atoms with Gasteiger partial charge >= 0.3 is 0 Å². The standard InChI is InChI=1S/C66H117NO13/c1-3-5-7-9-11-13-15-17-19-20-21-22-23-24-25-26-27-28-29-30-31-32-33-34-36-38-40-42-44-46-48-50-58(71)67-54(55(70)49-47-45-43-41-39-37-35-18-16-14-12-10-8-6-4-2)53-77-65-63(76)61(74)64(57(52-69)79-65)80-66-62(75)60(73)59(72)56(51-68)78-66/h5,7,11,13,17,19,21-22,24-25,27-28,54-57,59-66,68-70,72-76H,3-4,6,8-10,12,14-16,18,20,23,26,29-53H2,1-2H3,(H,67,71)/b7-5-,13-11-,19-17-,22-21-,25-24-,28-27-. The lowest BCUT2D eigenvalue weighted by Crippen LogP contribution is -2.65. The van der Waals surface area contributed by atoms with Crippen molar-refractivity contribution in [2.45, 2.75) is 319 Å². The third-order valence-corrected chi connectivity index (χ3v) is 15.4. The van der Waals surface area contributed by atoms with Crippen LogP contribution < -0.4 is 5.32 Å². The third-order valence-electron chi connectivity index (χ3n) is 15.4. The lowest BCUT2D eigenvalue weighted by molar-refractivity contribution is -0.359. The van der Waals surface area contributed by atoms with Gasteiger partial charge in [-0.3, -0.25) is 4.79 Å². The summed E-state index contributed by atoms with van der Waals surface area (Å²) in [4.78, 5) is 13.3. The molecule has 14 heteroatoms. The van der Waals surface area contributed by atoms with Crippen LogP contribution in [0.3, 0.4) is 0 Å². The number of ether oxygens (including phenoxy) is 4. The number of hydrogen-bond acceptors (Lipinski definition) is 13. The first-order chi connectivity index (χ1) is 39.1. The highest BCUT2D eigenvalue weighted by Gasteiger charge is 2.51. The minimum Gasteiger partial charge on any atom is -0.394 e. The van der Waals surface area contributed by atoms with Crippen molar-refractivity contribution >= 4 is 5.91 Å². The first-order valence-corrected chi connectivity index (χ1v) is 32.2. The van der Waals surface area contributed by atoms with E-state index in [1.54, 1.807) is 0 Å². The number of nitrogens with one attached hydrogen (secondary N) is 1. The molecule has 0 saturated carbocycles. The summed E-state index contributed by atoms with van der Waals surface area (Å²) in [6.07, 6.45) is 50.4. The molecule has 9 N–H and O–H groups in total. The second-order valence-electron chi connectivity index (χ2n) is 22.5. The Morgan fingerprint density at radius 2 is 0.863 bits per heavy atom. The zero-order chi connectivity index (χ0) is 58.1. The Labute approximate surface area is 485 Å². The zero-order valence-corrected chi connectivity index (χ0v) is 50.1. The van der Waals surface area contributed by atoms with E-state index in [1.165, 1.54) is 122 Å². The van der Waals surface area contributed by atoms with Crippen molar-refractivity contribution < 1.29 is 64.6 Å². The Morgan fingerprint density at radius 3 is 1.32 bits per heavy atom.